The van der Waals surface area contributed by atoms with Gasteiger partial charge >= 0.3 is 0 Å². The van der Waals surface area contributed by atoms with Gasteiger partial charge in [-0.05, 0) is 43.1 Å². The number of aryl methyl sites for hydroxylation is 1. The maximum Gasteiger partial charge on any atom is 0.218 e. The summed E-state index contributed by atoms with van der Waals surface area (Å²) in [5.41, 5.74) is 1.57. The third kappa shape index (κ3) is 7.18. The molecule has 1 aromatic carbocycles. The molecule has 33 heavy (non-hydrogen) atoms. The fourth-order valence-electron chi connectivity index (χ4n) is 3.48. The Morgan fingerprint density at radius 1 is 1.12 bits per heavy atom. The van der Waals surface area contributed by atoms with Crippen LogP contribution in [0, 0.1) is 11.7 Å². The molecule has 0 N–H and O–H groups in total. The molecule has 1 saturated heterocycles. The number of benzene rings is 1. The summed E-state index contributed by atoms with van der Waals surface area (Å²) in [6, 6.07) is 8.45. The number of carbonyl (C=O) groups excluding carboxylic acids is 1. The lowest BCUT2D eigenvalue weighted by Crippen LogP contribution is -2.44. The van der Waals surface area contributed by atoms with Crippen molar-refractivity contribution in [1.29, 1.82) is 0 Å². The van der Waals surface area contributed by atoms with Gasteiger partial charge in [-0.3, -0.25) is 4.98 Å². The number of hydrogen-bond donors (Lipinski definition) is 0. The molecule has 0 radical (unpaired) electrons. The molecule has 7 nitrogen and oxygen atoms in total. The summed E-state index contributed by atoms with van der Waals surface area (Å²) in [5, 5.41) is 0.515. The van der Waals surface area contributed by atoms with E-state index < -0.39 is 0 Å². The molecule has 4 rings (SSSR count). The van der Waals surface area contributed by atoms with E-state index in [2.05, 4.69) is 45.6 Å². The van der Waals surface area contributed by atoms with Crippen molar-refractivity contribution in [2.24, 2.45) is 5.92 Å². The number of fused-ring (bicyclic) bond motifs is 1. The third-order valence-electron chi connectivity index (χ3n) is 5.35. The summed E-state index contributed by atoms with van der Waals surface area (Å²) in [6.45, 7) is 9.12. The molecule has 0 aliphatic carbocycles. The van der Waals surface area contributed by atoms with Gasteiger partial charge in [0.15, 0.2) is 0 Å². The van der Waals surface area contributed by atoms with Gasteiger partial charge in [0.25, 0.3) is 0 Å². The first-order valence-electron chi connectivity index (χ1n) is 11.3. The van der Waals surface area contributed by atoms with Gasteiger partial charge in [0.1, 0.15) is 24.2 Å². The zero-order valence-electron chi connectivity index (χ0n) is 19.6. The lowest BCUT2D eigenvalue weighted by Gasteiger charge is -2.33. The number of rotatable bonds is 7. The van der Waals surface area contributed by atoms with Crippen LogP contribution in [0.3, 0.4) is 0 Å². The van der Waals surface area contributed by atoms with Gasteiger partial charge in [-0.2, -0.15) is 0 Å². The number of pyridine rings is 1. The zero-order chi connectivity index (χ0) is 23.6. The monoisotopic (exact) mass is 453 g/mol. The summed E-state index contributed by atoms with van der Waals surface area (Å²) >= 11 is 0. The zero-order valence-corrected chi connectivity index (χ0v) is 19.6. The van der Waals surface area contributed by atoms with E-state index >= 15 is 0 Å². The van der Waals surface area contributed by atoms with Gasteiger partial charge in [0, 0.05) is 50.2 Å². The van der Waals surface area contributed by atoms with Crippen molar-refractivity contribution in [2.75, 3.05) is 44.7 Å². The first-order valence-corrected chi connectivity index (χ1v) is 11.3. The highest BCUT2D eigenvalue weighted by Gasteiger charge is 2.16. The first kappa shape index (κ1) is 24.5. The first-order chi connectivity index (χ1) is 16.0. The molecule has 2 aromatic heterocycles. The van der Waals surface area contributed by atoms with Crippen LogP contribution in [0.5, 0.6) is 5.88 Å². The van der Waals surface area contributed by atoms with E-state index in [1.54, 1.807) is 30.7 Å². The second-order valence-electron chi connectivity index (χ2n) is 8.52. The van der Waals surface area contributed by atoms with Crippen LogP contribution in [0.1, 0.15) is 25.8 Å². The van der Waals surface area contributed by atoms with Crippen molar-refractivity contribution in [3.8, 4) is 5.88 Å². The van der Waals surface area contributed by atoms with Crippen molar-refractivity contribution < 1.29 is 13.9 Å². The van der Waals surface area contributed by atoms with Crippen molar-refractivity contribution in [1.82, 2.24) is 19.9 Å². The average molecular weight is 454 g/mol. The predicted molar refractivity (Wildman–Crippen MR) is 128 cm³/mol. The largest absolute Gasteiger partial charge is 0.477 e. The van der Waals surface area contributed by atoms with Gasteiger partial charge in [0.05, 0.1) is 12.1 Å². The minimum Gasteiger partial charge on any atom is -0.477 e. The van der Waals surface area contributed by atoms with Crippen LogP contribution in [-0.4, -0.2) is 66.0 Å². The molecule has 0 atom stereocenters. The fourth-order valence-corrected chi connectivity index (χ4v) is 3.48. The Hall–Kier alpha value is -3.13. The van der Waals surface area contributed by atoms with E-state index in [1.807, 2.05) is 6.07 Å². The SMILES string of the molecule is CC(C)COc1cc(N2CCN(C)CC2)ncn1.O=CCCc1ccc(F)c2cccnc12. The topological polar surface area (TPSA) is 71.5 Å². The standard InChI is InChI=1S/C13H22N4O.C12H10FNO/c1-11(2)9-18-13-8-12(14-10-15-13)17-6-4-16(3)5-7-17;13-11-6-5-9(3-2-8-15)12-10(11)4-1-7-14-12/h8,10-11H,4-7,9H2,1-3H3;1,4-8H,2-3H2. The molecule has 0 saturated carbocycles. The second-order valence-corrected chi connectivity index (χ2v) is 8.52. The van der Waals surface area contributed by atoms with Crippen LogP contribution < -0.4 is 9.64 Å². The highest BCUT2D eigenvalue weighted by molar-refractivity contribution is 5.82. The fraction of sp³-hybridized carbons (Fsp3) is 0.440. The summed E-state index contributed by atoms with van der Waals surface area (Å²) in [7, 11) is 2.15. The van der Waals surface area contributed by atoms with Crippen LogP contribution >= 0.6 is 0 Å². The van der Waals surface area contributed by atoms with Gasteiger partial charge in [-0.1, -0.05) is 19.9 Å². The molecule has 0 spiro atoms. The summed E-state index contributed by atoms with van der Waals surface area (Å²) in [4.78, 5) is 27.5. The number of anilines is 1. The average Bonchev–Trinajstić information content (AvgIpc) is 2.84. The summed E-state index contributed by atoms with van der Waals surface area (Å²) in [5.74, 6) is 1.88. The molecule has 8 heteroatoms. The Bertz CT molecular complexity index is 1040. The van der Waals surface area contributed by atoms with Crippen LogP contribution in [-0.2, 0) is 11.2 Å². The number of nitrogens with zero attached hydrogens (tertiary/aromatic N) is 5. The number of piperazine rings is 1. The number of carbonyl (C=O) groups is 1. The van der Waals surface area contributed by atoms with Crippen LogP contribution in [0.4, 0.5) is 10.2 Å². The lowest BCUT2D eigenvalue weighted by molar-refractivity contribution is -0.107. The van der Waals surface area contributed by atoms with E-state index in [9.17, 15) is 9.18 Å². The molecule has 1 aliphatic rings. The van der Waals surface area contributed by atoms with Crippen molar-refractivity contribution >= 4 is 23.0 Å². The highest BCUT2D eigenvalue weighted by Crippen LogP contribution is 2.20. The quantitative estimate of drug-likeness (QED) is 0.504. The molecular formula is C25H32FN5O2. The Kier molecular flexibility index (Phi) is 9.06. The number of aldehydes is 1. The van der Waals surface area contributed by atoms with E-state index in [0.717, 1.165) is 43.8 Å². The van der Waals surface area contributed by atoms with Gasteiger partial charge in [-0.15, -0.1) is 0 Å². The number of halogens is 1. The molecular weight excluding hydrogens is 421 g/mol. The molecule has 3 aromatic rings. The molecule has 176 valence electrons. The van der Waals surface area contributed by atoms with Crippen molar-refractivity contribution in [3.63, 3.8) is 0 Å². The maximum atomic E-state index is 13.4. The summed E-state index contributed by atoms with van der Waals surface area (Å²) < 4.78 is 19.0. The predicted octanol–water partition coefficient (Wildman–Crippen LogP) is 3.77. The van der Waals surface area contributed by atoms with Gasteiger partial charge < -0.3 is 19.3 Å². The number of ether oxygens (including phenoxy) is 1. The molecule has 1 fully saturated rings. The maximum absolute atomic E-state index is 13.4. The minimum absolute atomic E-state index is 0.270. The molecule has 0 amide bonds. The molecule has 1 aliphatic heterocycles. The Morgan fingerprint density at radius 3 is 2.64 bits per heavy atom. The number of aromatic nitrogens is 3. The van der Waals surface area contributed by atoms with Gasteiger partial charge in [0.2, 0.25) is 5.88 Å². The van der Waals surface area contributed by atoms with E-state index in [-0.39, 0.29) is 5.82 Å². The lowest BCUT2D eigenvalue weighted by atomic mass is 10.1. The third-order valence-corrected chi connectivity index (χ3v) is 5.35. The van der Waals surface area contributed by atoms with Gasteiger partial charge in [-0.25, -0.2) is 14.4 Å². The summed E-state index contributed by atoms with van der Waals surface area (Å²) in [6.07, 6.45) is 5.13. The number of hydrogen-bond acceptors (Lipinski definition) is 7. The molecule has 0 unspecified atom stereocenters. The van der Waals surface area contributed by atoms with E-state index in [1.165, 1.54) is 6.07 Å². The molecule has 3 heterocycles. The van der Waals surface area contributed by atoms with Crippen molar-refractivity contribution in [3.05, 3.63) is 54.2 Å². The van der Waals surface area contributed by atoms with E-state index in [0.29, 0.717) is 42.1 Å². The number of likely N-dealkylation sites (N-methyl/N-ethyl adjacent to an activating group) is 1. The minimum atomic E-state index is -0.270. The van der Waals surface area contributed by atoms with Crippen LogP contribution in [0.2, 0.25) is 0 Å². The van der Waals surface area contributed by atoms with E-state index in [4.69, 9.17) is 4.74 Å². The molecule has 0 bridgehead atoms. The second kappa shape index (κ2) is 12.2. The van der Waals surface area contributed by atoms with Crippen LogP contribution in [0.25, 0.3) is 10.9 Å². The van der Waals surface area contributed by atoms with Crippen LogP contribution in [0.15, 0.2) is 42.9 Å². The Labute approximate surface area is 194 Å². The highest BCUT2D eigenvalue weighted by atomic mass is 19.1. The van der Waals surface area contributed by atoms with Crippen molar-refractivity contribution in [2.45, 2.75) is 26.7 Å². The Balaban J connectivity index is 0.000000189. The normalized spacial score (nSPS) is 14.2. The smallest absolute Gasteiger partial charge is 0.218 e. The Morgan fingerprint density at radius 2 is 1.91 bits per heavy atom.